The minimum atomic E-state index is 0.469. The third-order valence-electron chi connectivity index (χ3n) is 2.79. The fraction of sp³-hybridized carbons (Fsp3) is 0.909. The van der Waals surface area contributed by atoms with Crippen molar-refractivity contribution in [3.05, 3.63) is 0 Å². The van der Waals surface area contributed by atoms with E-state index in [1.165, 1.54) is 30.7 Å². The molecule has 1 aliphatic heterocycles. The first kappa shape index (κ1) is 12.1. The van der Waals surface area contributed by atoms with Gasteiger partial charge in [-0.3, -0.25) is 0 Å². The van der Waals surface area contributed by atoms with Gasteiger partial charge in [-0.15, -0.1) is 0 Å². The Kier molecular flexibility index (Phi) is 5.60. The van der Waals surface area contributed by atoms with E-state index >= 15 is 0 Å². The maximum atomic E-state index is 5.31. The van der Waals surface area contributed by atoms with Gasteiger partial charge in [-0.25, -0.2) is 0 Å². The van der Waals surface area contributed by atoms with Crippen molar-refractivity contribution in [3.63, 3.8) is 0 Å². The molecule has 1 atom stereocenters. The van der Waals surface area contributed by atoms with Crippen LogP contribution in [0, 0.1) is 0 Å². The highest BCUT2D eigenvalue weighted by molar-refractivity contribution is 7.80. The van der Waals surface area contributed by atoms with Crippen LogP contribution in [0.3, 0.4) is 0 Å². The molecule has 0 aromatic rings. The average Bonchev–Trinajstić information content (AvgIpc) is 2.52. The highest BCUT2D eigenvalue weighted by atomic mass is 32.1. The Morgan fingerprint density at radius 3 is 2.86 bits per heavy atom. The van der Waals surface area contributed by atoms with Gasteiger partial charge in [0.25, 0.3) is 0 Å². The van der Waals surface area contributed by atoms with Gasteiger partial charge in [0.15, 0.2) is 0 Å². The SMILES string of the molecule is CCCCCN(C)CC1NCCC1=S. The van der Waals surface area contributed by atoms with Crippen molar-refractivity contribution < 1.29 is 0 Å². The molecular formula is C11H22N2S. The Hall–Kier alpha value is 0.01000. The molecule has 0 aliphatic carbocycles. The lowest BCUT2D eigenvalue weighted by atomic mass is 10.2. The molecule has 0 saturated carbocycles. The minimum Gasteiger partial charge on any atom is -0.308 e. The first-order chi connectivity index (χ1) is 6.74. The zero-order valence-electron chi connectivity index (χ0n) is 9.38. The number of likely N-dealkylation sites (N-methyl/N-ethyl adjacent to an activating group) is 1. The van der Waals surface area contributed by atoms with Crippen LogP contribution in [0.4, 0.5) is 0 Å². The first-order valence-corrected chi connectivity index (χ1v) is 6.09. The zero-order chi connectivity index (χ0) is 10.4. The van der Waals surface area contributed by atoms with Gasteiger partial charge in [-0.05, 0) is 26.4 Å². The van der Waals surface area contributed by atoms with E-state index in [2.05, 4.69) is 24.2 Å². The molecule has 1 unspecified atom stereocenters. The molecule has 14 heavy (non-hydrogen) atoms. The van der Waals surface area contributed by atoms with Gasteiger partial charge in [0.05, 0.1) is 6.04 Å². The van der Waals surface area contributed by atoms with Crippen LogP contribution in [0.1, 0.15) is 32.6 Å². The Labute approximate surface area is 93.1 Å². The van der Waals surface area contributed by atoms with Crippen LogP contribution < -0.4 is 5.32 Å². The molecule has 1 rings (SSSR count). The van der Waals surface area contributed by atoms with Crippen LogP contribution in [0.15, 0.2) is 0 Å². The molecule has 0 spiro atoms. The van der Waals surface area contributed by atoms with E-state index in [1.807, 2.05) is 0 Å². The second kappa shape index (κ2) is 6.49. The minimum absolute atomic E-state index is 0.469. The summed E-state index contributed by atoms with van der Waals surface area (Å²) in [4.78, 5) is 3.61. The predicted octanol–water partition coefficient (Wildman–Crippen LogP) is 1.84. The van der Waals surface area contributed by atoms with Crippen molar-refractivity contribution in [2.75, 3.05) is 26.7 Å². The largest absolute Gasteiger partial charge is 0.308 e. The van der Waals surface area contributed by atoms with Crippen molar-refractivity contribution in [2.24, 2.45) is 0 Å². The van der Waals surface area contributed by atoms with E-state index in [0.717, 1.165) is 19.5 Å². The summed E-state index contributed by atoms with van der Waals surface area (Å²) in [6.07, 6.45) is 5.04. The fourth-order valence-corrected chi connectivity index (χ4v) is 2.12. The van der Waals surface area contributed by atoms with Crippen LogP contribution in [-0.2, 0) is 0 Å². The van der Waals surface area contributed by atoms with E-state index < -0.39 is 0 Å². The van der Waals surface area contributed by atoms with E-state index in [1.54, 1.807) is 0 Å². The van der Waals surface area contributed by atoms with Crippen molar-refractivity contribution in [1.82, 2.24) is 10.2 Å². The zero-order valence-corrected chi connectivity index (χ0v) is 10.2. The summed E-state index contributed by atoms with van der Waals surface area (Å²) in [5.74, 6) is 0. The molecule has 0 amide bonds. The fourth-order valence-electron chi connectivity index (χ4n) is 1.86. The van der Waals surface area contributed by atoms with Gasteiger partial charge in [0.2, 0.25) is 0 Å². The third kappa shape index (κ3) is 4.03. The van der Waals surface area contributed by atoms with E-state index in [-0.39, 0.29) is 0 Å². The number of thiocarbonyl (C=S) groups is 1. The molecule has 1 saturated heterocycles. The Morgan fingerprint density at radius 1 is 1.50 bits per heavy atom. The molecule has 0 aromatic carbocycles. The molecule has 0 aromatic heterocycles. The van der Waals surface area contributed by atoms with Crippen LogP contribution >= 0.6 is 12.2 Å². The second-order valence-electron chi connectivity index (χ2n) is 4.19. The Balaban J connectivity index is 2.12. The van der Waals surface area contributed by atoms with Gasteiger partial charge in [-0.2, -0.15) is 0 Å². The molecule has 2 nitrogen and oxygen atoms in total. The predicted molar refractivity (Wildman–Crippen MR) is 66.0 cm³/mol. The third-order valence-corrected chi connectivity index (χ3v) is 3.28. The standard InChI is InChI=1S/C11H22N2S/c1-3-4-5-8-13(2)9-10-11(14)6-7-12-10/h10,12H,3-9H2,1-2H3. The lowest BCUT2D eigenvalue weighted by Crippen LogP contribution is -2.39. The summed E-state index contributed by atoms with van der Waals surface area (Å²) < 4.78 is 0. The van der Waals surface area contributed by atoms with E-state index in [9.17, 15) is 0 Å². The van der Waals surface area contributed by atoms with Gasteiger partial charge < -0.3 is 10.2 Å². The number of hydrogen-bond acceptors (Lipinski definition) is 3. The summed E-state index contributed by atoms with van der Waals surface area (Å²) in [5.41, 5.74) is 0. The maximum Gasteiger partial charge on any atom is 0.0513 e. The second-order valence-corrected chi connectivity index (χ2v) is 4.72. The number of hydrogen-bond donors (Lipinski definition) is 1. The molecule has 1 fully saturated rings. The Bertz CT molecular complexity index is 182. The maximum absolute atomic E-state index is 5.31. The first-order valence-electron chi connectivity index (χ1n) is 5.68. The molecule has 1 aliphatic rings. The lowest BCUT2D eigenvalue weighted by Gasteiger charge is -2.20. The average molecular weight is 214 g/mol. The summed E-state index contributed by atoms with van der Waals surface area (Å²) in [6, 6.07) is 0.469. The topological polar surface area (TPSA) is 15.3 Å². The monoisotopic (exact) mass is 214 g/mol. The highest BCUT2D eigenvalue weighted by Gasteiger charge is 2.20. The smallest absolute Gasteiger partial charge is 0.0513 e. The van der Waals surface area contributed by atoms with E-state index in [4.69, 9.17) is 12.2 Å². The van der Waals surface area contributed by atoms with Crippen LogP contribution in [0.25, 0.3) is 0 Å². The van der Waals surface area contributed by atoms with Crippen LogP contribution in [-0.4, -0.2) is 42.5 Å². The van der Waals surface area contributed by atoms with Gasteiger partial charge >= 0.3 is 0 Å². The summed E-state index contributed by atoms with van der Waals surface area (Å²) >= 11 is 5.31. The summed E-state index contributed by atoms with van der Waals surface area (Å²) in [5, 5.41) is 3.44. The van der Waals surface area contributed by atoms with Crippen LogP contribution in [0.5, 0.6) is 0 Å². The van der Waals surface area contributed by atoms with Crippen molar-refractivity contribution in [3.8, 4) is 0 Å². The Morgan fingerprint density at radius 2 is 2.29 bits per heavy atom. The van der Waals surface area contributed by atoms with E-state index in [0.29, 0.717) is 6.04 Å². The van der Waals surface area contributed by atoms with Crippen LogP contribution in [0.2, 0.25) is 0 Å². The van der Waals surface area contributed by atoms with Crippen molar-refractivity contribution in [2.45, 2.75) is 38.6 Å². The molecule has 1 heterocycles. The molecule has 0 radical (unpaired) electrons. The molecule has 3 heteroatoms. The van der Waals surface area contributed by atoms with Gasteiger partial charge in [0, 0.05) is 18.0 Å². The quantitative estimate of drug-likeness (QED) is 0.536. The highest BCUT2D eigenvalue weighted by Crippen LogP contribution is 2.05. The summed E-state index contributed by atoms with van der Waals surface area (Å²) in [7, 11) is 2.19. The van der Waals surface area contributed by atoms with Gasteiger partial charge in [-0.1, -0.05) is 32.0 Å². The summed E-state index contributed by atoms with van der Waals surface area (Å²) in [6.45, 7) is 5.61. The number of unbranched alkanes of at least 4 members (excludes halogenated alkanes) is 2. The molecule has 82 valence electrons. The molecule has 0 bridgehead atoms. The number of nitrogens with zero attached hydrogens (tertiary/aromatic N) is 1. The van der Waals surface area contributed by atoms with Gasteiger partial charge in [0.1, 0.15) is 0 Å². The van der Waals surface area contributed by atoms with Crippen molar-refractivity contribution >= 4 is 17.1 Å². The lowest BCUT2D eigenvalue weighted by molar-refractivity contribution is 0.314. The normalized spacial score (nSPS) is 22.2. The number of rotatable bonds is 6. The molecule has 1 N–H and O–H groups in total. The molecular weight excluding hydrogens is 192 g/mol. The number of nitrogens with one attached hydrogen (secondary N) is 1. The van der Waals surface area contributed by atoms with Crippen molar-refractivity contribution in [1.29, 1.82) is 0 Å².